The number of hydrogen-bond donors (Lipinski definition) is 2. The van der Waals surface area contributed by atoms with Crippen molar-refractivity contribution in [3.8, 4) is 0 Å². The number of amides is 1. The average Bonchev–Trinajstić information content (AvgIpc) is 2.41. The Morgan fingerprint density at radius 3 is 2.58 bits per heavy atom. The van der Waals surface area contributed by atoms with E-state index < -0.39 is 0 Å². The number of nitrogens with zero attached hydrogens (tertiary/aromatic N) is 1. The minimum Gasteiger partial charge on any atom is -0.350 e. The molecule has 0 spiro atoms. The Hall–Kier alpha value is -2.43. The van der Waals surface area contributed by atoms with Gasteiger partial charge in [0.15, 0.2) is 0 Å². The quantitative estimate of drug-likeness (QED) is 0.859. The van der Waals surface area contributed by atoms with E-state index in [1.165, 1.54) is 23.3 Å². The van der Waals surface area contributed by atoms with Gasteiger partial charge in [0, 0.05) is 12.6 Å². The third-order valence-electron chi connectivity index (χ3n) is 2.73. The van der Waals surface area contributed by atoms with Gasteiger partial charge in [-0.15, -0.1) is 0 Å². The van der Waals surface area contributed by atoms with E-state index in [1.54, 1.807) is 0 Å². The summed E-state index contributed by atoms with van der Waals surface area (Å²) in [6.45, 7) is 2.57. The van der Waals surface area contributed by atoms with Crippen LogP contribution in [0.2, 0.25) is 0 Å². The Morgan fingerprint density at radius 2 is 1.95 bits per heavy atom. The van der Waals surface area contributed by atoms with E-state index in [0.717, 1.165) is 6.42 Å². The predicted octanol–water partition coefficient (Wildman–Crippen LogP) is 1.05. The lowest BCUT2D eigenvalue weighted by Gasteiger charge is -2.04. The SMILES string of the molecule is Cc1ccc(CCNC(=O)c2ccc(=O)[nH]n2)cc1. The molecule has 0 fully saturated rings. The first-order valence-electron chi connectivity index (χ1n) is 6.04. The molecule has 98 valence electrons. The Balaban J connectivity index is 1.85. The van der Waals surface area contributed by atoms with Crippen LogP contribution in [-0.4, -0.2) is 22.6 Å². The number of carbonyl (C=O) groups is 1. The summed E-state index contributed by atoms with van der Waals surface area (Å²) in [5.41, 5.74) is 2.27. The Bertz CT molecular complexity index is 597. The fourth-order valence-corrected chi connectivity index (χ4v) is 1.64. The number of carbonyl (C=O) groups excluding carboxylic acids is 1. The molecule has 0 saturated carbocycles. The number of hydrogen-bond acceptors (Lipinski definition) is 3. The zero-order valence-corrected chi connectivity index (χ0v) is 10.6. The largest absolute Gasteiger partial charge is 0.350 e. The molecule has 0 bridgehead atoms. The Labute approximate surface area is 110 Å². The Morgan fingerprint density at radius 1 is 1.21 bits per heavy atom. The molecule has 0 aliphatic rings. The van der Waals surface area contributed by atoms with Gasteiger partial charge in [-0.2, -0.15) is 5.10 Å². The van der Waals surface area contributed by atoms with Crippen molar-refractivity contribution in [1.29, 1.82) is 0 Å². The van der Waals surface area contributed by atoms with Crippen LogP contribution in [0.4, 0.5) is 0 Å². The second kappa shape index (κ2) is 5.95. The minimum atomic E-state index is -0.323. The summed E-state index contributed by atoms with van der Waals surface area (Å²) < 4.78 is 0. The minimum absolute atomic E-state index is 0.212. The lowest BCUT2D eigenvalue weighted by Crippen LogP contribution is -2.27. The fourth-order valence-electron chi connectivity index (χ4n) is 1.64. The molecule has 1 amide bonds. The lowest BCUT2D eigenvalue weighted by molar-refractivity contribution is 0.0948. The molecule has 0 atom stereocenters. The average molecular weight is 257 g/mol. The van der Waals surface area contributed by atoms with E-state index in [-0.39, 0.29) is 17.2 Å². The molecule has 1 heterocycles. The van der Waals surface area contributed by atoms with E-state index in [9.17, 15) is 9.59 Å². The van der Waals surface area contributed by atoms with Gasteiger partial charge in [-0.3, -0.25) is 9.59 Å². The summed E-state index contributed by atoms with van der Waals surface area (Å²) in [6, 6.07) is 10.8. The third-order valence-corrected chi connectivity index (χ3v) is 2.73. The standard InChI is InChI=1S/C14H15N3O2/c1-10-2-4-11(5-3-10)8-9-15-14(19)12-6-7-13(18)17-16-12/h2-7H,8-9H2,1H3,(H,15,19)(H,17,18). The number of benzene rings is 1. The maximum Gasteiger partial charge on any atom is 0.271 e. The molecule has 0 aliphatic heterocycles. The van der Waals surface area contributed by atoms with Gasteiger partial charge in [-0.05, 0) is 25.0 Å². The molecule has 0 radical (unpaired) electrons. The highest BCUT2D eigenvalue weighted by Crippen LogP contribution is 2.03. The smallest absolute Gasteiger partial charge is 0.271 e. The van der Waals surface area contributed by atoms with Crippen LogP contribution in [-0.2, 0) is 6.42 Å². The lowest BCUT2D eigenvalue weighted by atomic mass is 10.1. The molecule has 2 rings (SSSR count). The van der Waals surface area contributed by atoms with Gasteiger partial charge < -0.3 is 5.32 Å². The zero-order chi connectivity index (χ0) is 13.7. The maximum atomic E-state index is 11.7. The van der Waals surface area contributed by atoms with Crippen molar-refractivity contribution in [3.05, 3.63) is 63.6 Å². The number of aromatic nitrogens is 2. The van der Waals surface area contributed by atoms with Crippen molar-refractivity contribution in [2.24, 2.45) is 0 Å². The van der Waals surface area contributed by atoms with Crippen LogP contribution in [0.1, 0.15) is 21.6 Å². The highest BCUT2D eigenvalue weighted by atomic mass is 16.2. The summed E-state index contributed by atoms with van der Waals surface area (Å²) in [5, 5.41) is 8.65. The first-order valence-corrected chi connectivity index (χ1v) is 6.04. The van der Waals surface area contributed by atoms with Gasteiger partial charge in [-0.25, -0.2) is 5.10 Å². The predicted molar refractivity (Wildman–Crippen MR) is 72.1 cm³/mol. The molecule has 1 aromatic heterocycles. The van der Waals surface area contributed by atoms with Crippen molar-refractivity contribution < 1.29 is 4.79 Å². The number of H-pyrrole nitrogens is 1. The normalized spacial score (nSPS) is 10.2. The summed E-state index contributed by atoms with van der Waals surface area (Å²) in [5.74, 6) is -0.289. The summed E-state index contributed by atoms with van der Waals surface area (Å²) in [4.78, 5) is 22.5. The van der Waals surface area contributed by atoms with Gasteiger partial charge in [0.2, 0.25) is 0 Å². The molecule has 19 heavy (non-hydrogen) atoms. The molecular formula is C14H15N3O2. The molecule has 0 unspecified atom stereocenters. The Kier molecular flexibility index (Phi) is 4.07. The van der Waals surface area contributed by atoms with E-state index >= 15 is 0 Å². The van der Waals surface area contributed by atoms with Crippen molar-refractivity contribution in [2.45, 2.75) is 13.3 Å². The molecule has 0 saturated heterocycles. The first kappa shape index (κ1) is 13.0. The summed E-state index contributed by atoms with van der Waals surface area (Å²) >= 11 is 0. The fraction of sp³-hybridized carbons (Fsp3) is 0.214. The summed E-state index contributed by atoms with van der Waals surface area (Å²) in [7, 11) is 0. The van der Waals surface area contributed by atoms with Crippen molar-refractivity contribution in [1.82, 2.24) is 15.5 Å². The van der Waals surface area contributed by atoms with Gasteiger partial charge in [0.05, 0.1) is 0 Å². The van der Waals surface area contributed by atoms with E-state index in [0.29, 0.717) is 6.54 Å². The monoisotopic (exact) mass is 257 g/mol. The van der Waals surface area contributed by atoms with Crippen molar-refractivity contribution in [3.63, 3.8) is 0 Å². The molecule has 1 aromatic carbocycles. The van der Waals surface area contributed by atoms with E-state index in [4.69, 9.17) is 0 Å². The van der Waals surface area contributed by atoms with Crippen LogP contribution in [0, 0.1) is 6.92 Å². The van der Waals surface area contributed by atoms with Crippen LogP contribution in [0.3, 0.4) is 0 Å². The molecular weight excluding hydrogens is 242 g/mol. The van der Waals surface area contributed by atoms with Gasteiger partial charge in [-0.1, -0.05) is 29.8 Å². The van der Waals surface area contributed by atoms with Crippen molar-refractivity contribution >= 4 is 5.91 Å². The number of rotatable bonds is 4. The zero-order valence-electron chi connectivity index (χ0n) is 10.6. The van der Waals surface area contributed by atoms with Crippen LogP contribution >= 0.6 is 0 Å². The molecule has 2 N–H and O–H groups in total. The molecule has 5 nitrogen and oxygen atoms in total. The molecule has 2 aromatic rings. The number of nitrogens with one attached hydrogen (secondary N) is 2. The summed E-state index contributed by atoms with van der Waals surface area (Å²) in [6.07, 6.45) is 0.759. The van der Waals surface area contributed by atoms with Crippen LogP contribution in [0.25, 0.3) is 0 Å². The second-order valence-corrected chi connectivity index (χ2v) is 4.30. The van der Waals surface area contributed by atoms with Crippen LogP contribution in [0.15, 0.2) is 41.2 Å². The van der Waals surface area contributed by atoms with Gasteiger partial charge >= 0.3 is 0 Å². The van der Waals surface area contributed by atoms with Crippen LogP contribution in [0.5, 0.6) is 0 Å². The van der Waals surface area contributed by atoms with E-state index in [2.05, 4.69) is 15.5 Å². The maximum absolute atomic E-state index is 11.7. The van der Waals surface area contributed by atoms with E-state index in [1.807, 2.05) is 31.2 Å². The molecule has 5 heteroatoms. The number of aromatic amines is 1. The van der Waals surface area contributed by atoms with Crippen molar-refractivity contribution in [2.75, 3.05) is 6.54 Å². The first-order chi connectivity index (χ1) is 9.15. The topological polar surface area (TPSA) is 74.8 Å². The highest BCUT2D eigenvalue weighted by molar-refractivity contribution is 5.91. The van der Waals surface area contributed by atoms with Gasteiger partial charge in [0.25, 0.3) is 11.5 Å². The van der Waals surface area contributed by atoms with Gasteiger partial charge in [0.1, 0.15) is 5.69 Å². The second-order valence-electron chi connectivity index (χ2n) is 4.30. The highest BCUT2D eigenvalue weighted by Gasteiger charge is 2.06. The third kappa shape index (κ3) is 3.77. The number of aryl methyl sites for hydroxylation is 1. The van der Waals surface area contributed by atoms with Crippen LogP contribution < -0.4 is 10.9 Å². The molecule has 0 aliphatic carbocycles.